The molecule has 0 atom stereocenters. The van der Waals surface area contributed by atoms with Crippen LogP contribution in [-0.2, 0) is 18.9 Å². The van der Waals surface area contributed by atoms with E-state index in [9.17, 15) is 36.2 Å². The lowest BCUT2D eigenvalue weighted by Gasteiger charge is -2.16. The molecule has 1 N–H and O–H groups in total. The maximum atomic E-state index is 13.5. The van der Waals surface area contributed by atoms with E-state index in [1.54, 1.807) is 18.2 Å². The highest BCUT2D eigenvalue weighted by atomic mass is 19.4. The predicted octanol–water partition coefficient (Wildman–Crippen LogP) is 4.98. The normalized spacial score (nSPS) is 12.4. The third kappa shape index (κ3) is 3.93. The number of benzene rings is 2. The Morgan fingerprint density at radius 2 is 1.72 bits per heavy atom. The van der Waals surface area contributed by atoms with Gasteiger partial charge in [0.2, 0.25) is 5.43 Å². The van der Waals surface area contributed by atoms with Crippen LogP contribution in [0.3, 0.4) is 0 Å². The Morgan fingerprint density at radius 1 is 0.969 bits per heavy atom. The summed E-state index contributed by atoms with van der Waals surface area (Å²) >= 11 is 0. The van der Waals surface area contributed by atoms with Crippen LogP contribution in [0.25, 0.3) is 16.7 Å². The second-order valence-electron chi connectivity index (χ2n) is 6.99. The average molecular weight is 453 g/mol. The van der Waals surface area contributed by atoms with Gasteiger partial charge in [-0.15, -0.1) is 0 Å². The van der Waals surface area contributed by atoms with Crippen molar-refractivity contribution < 1.29 is 31.4 Å². The largest absolute Gasteiger partial charge is 0.503 e. The van der Waals surface area contributed by atoms with Crippen molar-refractivity contribution in [2.24, 2.45) is 0 Å². The molecule has 166 valence electrons. The number of pyridine rings is 1. The zero-order chi connectivity index (χ0) is 23.3. The lowest BCUT2D eigenvalue weighted by atomic mass is 10.0. The Hall–Kier alpha value is -3.76. The van der Waals surface area contributed by atoms with Crippen molar-refractivity contribution in [3.63, 3.8) is 0 Å². The summed E-state index contributed by atoms with van der Waals surface area (Å²) in [5.74, 6) is -0.497. The van der Waals surface area contributed by atoms with Crippen LogP contribution < -0.4 is 5.43 Å². The summed E-state index contributed by atoms with van der Waals surface area (Å²) in [6.07, 6.45) is -6.04. The van der Waals surface area contributed by atoms with Gasteiger partial charge in [0.05, 0.1) is 34.9 Å². The topological polar surface area (TPSA) is 60.0 Å². The maximum Gasteiger partial charge on any atom is 0.416 e. The Morgan fingerprint density at radius 3 is 2.38 bits per heavy atom. The molecular formula is C21H13F6N3O2. The summed E-state index contributed by atoms with van der Waals surface area (Å²) in [5, 5.41) is 9.67. The van der Waals surface area contributed by atoms with Gasteiger partial charge in [-0.1, -0.05) is 12.1 Å². The van der Waals surface area contributed by atoms with Gasteiger partial charge in [0, 0.05) is 18.8 Å². The molecule has 4 rings (SSSR count). The first kappa shape index (κ1) is 21.5. The fourth-order valence-corrected chi connectivity index (χ4v) is 3.37. The van der Waals surface area contributed by atoms with Crippen molar-refractivity contribution in [1.29, 1.82) is 0 Å². The minimum absolute atomic E-state index is 0.100. The Bertz CT molecular complexity index is 1370. The summed E-state index contributed by atoms with van der Waals surface area (Å²) in [4.78, 5) is 15.6. The van der Waals surface area contributed by atoms with Crippen LogP contribution in [-0.4, -0.2) is 19.2 Å². The number of alkyl halides is 6. The molecule has 0 spiro atoms. The molecule has 0 amide bonds. The summed E-state index contributed by atoms with van der Waals surface area (Å²) in [6, 6.07) is 7.47. The molecule has 0 aliphatic carbocycles. The van der Waals surface area contributed by atoms with Crippen LogP contribution in [0.1, 0.15) is 16.7 Å². The van der Waals surface area contributed by atoms with Gasteiger partial charge in [-0.3, -0.25) is 4.79 Å². The molecule has 2 heterocycles. The van der Waals surface area contributed by atoms with Gasteiger partial charge in [-0.2, -0.15) is 26.3 Å². The molecule has 0 fully saturated rings. The zero-order valence-electron chi connectivity index (χ0n) is 15.9. The molecule has 4 aromatic rings. The van der Waals surface area contributed by atoms with E-state index in [0.717, 1.165) is 12.1 Å². The van der Waals surface area contributed by atoms with E-state index >= 15 is 0 Å². The molecule has 0 bridgehead atoms. The SMILES string of the molecule is O=c1ccn(-c2cccc3c2ncn3Cc2ccc(C(F)(F)F)cc2C(F)(F)F)cc1O. The van der Waals surface area contributed by atoms with Crippen molar-refractivity contribution in [2.75, 3.05) is 0 Å². The predicted molar refractivity (Wildman–Crippen MR) is 103 cm³/mol. The second kappa shape index (κ2) is 7.43. The van der Waals surface area contributed by atoms with E-state index in [-0.39, 0.29) is 18.2 Å². The molecule has 2 aromatic heterocycles. The van der Waals surface area contributed by atoms with Crippen molar-refractivity contribution in [2.45, 2.75) is 18.9 Å². The number of hydrogen-bond acceptors (Lipinski definition) is 3. The van der Waals surface area contributed by atoms with Gasteiger partial charge in [0.15, 0.2) is 5.75 Å². The minimum atomic E-state index is -4.98. The third-order valence-electron chi connectivity index (χ3n) is 4.89. The third-order valence-corrected chi connectivity index (χ3v) is 4.89. The number of aromatic hydroxyl groups is 1. The highest BCUT2D eigenvalue weighted by Gasteiger charge is 2.38. The summed E-state index contributed by atoms with van der Waals surface area (Å²) < 4.78 is 81.9. The van der Waals surface area contributed by atoms with Crippen molar-refractivity contribution in [1.82, 2.24) is 14.1 Å². The lowest BCUT2D eigenvalue weighted by molar-refractivity contribution is -0.143. The van der Waals surface area contributed by atoms with Gasteiger partial charge < -0.3 is 14.2 Å². The van der Waals surface area contributed by atoms with Crippen molar-refractivity contribution in [3.8, 4) is 11.4 Å². The number of rotatable bonds is 3. The van der Waals surface area contributed by atoms with E-state index in [1.807, 2.05) is 0 Å². The van der Waals surface area contributed by atoms with E-state index in [1.165, 1.54) is 27.9 Å². The standard InChI is InChI=1S/C21H13F6N3O2/c22-20(23,24)13-5-4-12(14(8-13)21(25,26)27)9-30-11-28-19-15(2-1-3-16(19)30)29-7-6-17(31)18(32)10-29/h1-8,10-11,32H,9H2. The first-order valence-electron chi connectivity index (χ1n) is 9.08. The number of nitrogens with zero attached hydrogens (tertiary/aromatic N) is 3. The molecule has 2 aromatic carbocycles. The van der Waals surface area contributed by atoms with E-state index in [0.29, 0.717) is 22.8 Å². The van der Waals surface area contributed by atoms with Crippen molar-refractivity contribution in [3.05, 3.63) is 88.1 Å². The lowest BCUT2D eigenvalue weighted by Crippen LogP contribution is -2.15. The molecule has 0 aliphatic rings. The molecule has 0 unspecified atom stereocenters. The number of hydrogen-bond donors (Lipinski definition) is 1. The molecule has 5 nitrogen and oxygen atoms in total. The highest BCUT2D eigenvalue weighted by molar-refractivity contribution is 5.84. The number of imidazole rings is 1. The Labute approximate surface area is 175 Å². The first-order chi connectivity index (χ1) is 14.9. The minimum Gasteiger partial charge on any atom is -0.503 e. The Balaban J connectivity index is 1.79. The maximum absolute atomic E-state index is 13.5. The van der Waals surface area contributed by atoms with Crippen LogP contribution in [0.4, 0.5) is 26.3 Å². The average Bonchev–Trinajstić information content (AvgIpc) is 3.12. The van der Waals surface area contributed by atoms with Gasteiger partial charge in [-0.05, 0) is 29.8 Å². The molecule has 0 saturated carbocycles. The molecule has 0 radical (unpaired) electrons. The van der Waals surface area contributed by atoms with E-state index in [4.69, 9.17) is 0 Å². The summed E-state index contributed by atoms with van der Waals surface area (Å²) in [5.41, 5.74) is -2.48. The molecule has 32 heavy (non-hydrogen) atoms. The number of fused-ring (bicyclic) bond motifs is 1. The van der Waals surface area contributed by atoms with Gasteiger partial charge in [0.1, 0.15) is 5.52 Å². The van der Waals surface area contributed by atoms with Gasteiger partial charge in [0.25, 0.3) is 0 Å². The zero-order valence-corrected chi connectivity index (χ0v) is 15.9. The number of para-hydroxylation sites is 1. The summed E-state index contributed by atoms with van der Waals surface area (Å²) in [7, 11) is 0. The smallest absolute Gasteiger partial charge is 0.416 e. The number of aromatic nitrogens is 3. The molecule has 11 heteroatoms. The van der Waals surface area contributed by atoms with Crippen LogP contribution in [0.2, 0.25) is 0 Å². The first-order valence-corrected chi connectivity index (χ1v) is 9.08. The van der Waals surface area contributed by atoms with Crippen LogP contribution in [0, 0.1) is 0 Å². The van der Waals surface area contributed by atoms with E-state index < -0.39 is 34.7 Å². The number of halogens is 6. The van der Waals surface area contributed by atoms with Crippen molar-refractivity contribution >= 4 is 11.0 Å². The fourth-order valence-electron chi connectivity index (χ4n) is 3.37. The van der Waals surface area contributed by atoms with Crippen LogP contribution in [0.15, 0.2) is 66.0 Å². The quantitative estimate of drug-likeness (QED) is 0.446. The van der Waals surface area contributed by atoms with Gasteiger partial charge >= 0.3 is 12.4 Å². The highest BCUT2D eigenvalue weighted by Crippen LogP contribution is 2.38. The fraction of sp³-hybridized carbons (Fsp3) is 0.143. The van der Waals surface area contributed by atoms with Gasteiger partial charge in [-0.25, -0.2) is 4.98 Å². The second-order valence-corrected chi connectivity index (χ2v) is 6.99. The molecule has 0 saturated heterocycles. The van der Waals surface area contributed by atoms with E-state index in [2.05, 4.69) is 4.98 Å². The monoisotopic (exact) mass is 453 g/mol. The van der Waals surface area contributed by atoms with Crippen LogP contribution >= 0.6 is 0 Å². The molecular weight excluding hydrogens is 440 g/mol. The summed E-state index contributed by atoms with van der Waals surface area (Å²) in [6.45, 7) is -0.373. The van der Waals surface area contributed by atoms with Crippen LogP contribution in [0.5, 0.6) is 5.75 Å². The molecule has 0 aliphatic heterocycles. The Kier molecular flexibility index (Phi) is 4.99.